The molecule has 1 aliphatic heterocycles. The number of hydrogen-bond donors (Lipinski definition) is 0. The Labute approximate surface area is 115 Å². The molecule has 0 saturated carbocycles. The van der Waals surface area contributed by atoms with Gasteiger partial charge < -0.3 is 4.74 Å². The smallest absolute Gasteiger partial charge is 0.152 e. The van der Waals surface area contributed by atoms with Gasteiger partial charge in [0.15, 0.2) is 6.23 Å². The fourth-order valence-corrected chi connectivity index (χ4v) is 2.52. The molecule has 0 bridgehead atoms. The van der Waals surface area contributed by atoms with E-state index in [2.05, 4.69) is 11.8 Å². The lowest BCUT2D eigenvalue weighted by molar-refractivity contribution is 0.0345. The summed E-state index contributed by atoms with van der Waals surface area (Å²) in [6.45, 7) is 4.56. The van der Waals surface area contributed by atoms with Gasteiger partial charge in [-0.2, -0.15) is 0 Å². The van der Waals surface area contributed by atoms with Crippen molar-refractivity contribution in [3.05, 3.63) is 29.3 Å². The van der Waals surface area contributed by atoms with E-state index in [0.29, 0.717) is 0 Å². The Bertz CT molecular complexity index is 346. The highest BCUT2D eigenvalue weighted by molar-refractivity contribution is 6.30. The first-order valence-corrected chi connectivity index (χ1v) is 7.33. The quantitative estimate of drug-likeness (QED) is 0.761. The Balaban J connectivity index is 1.97. The van der Waals surface area contributed by atoms with Crippen molar-refractivity contribution in [1.82, 2.24) is 4.90 Å². The number of hydrogen-bond acceptors (Lipinski definition) is 2. The summed E-state index contributed by atoms with van der Waals surface area (Å²) in [4.78, 5) is 2.46. The van der Waals surface area contributed by atoms with Crippen LogP contribution in [0.3, 0.4) is 0 Å². The molecule has 1 aromatic rings. The van der Waals surface area contributed by atoms with Gasteiger partial charge in [0.25, 0.3) is 0 Å². The monoisotopic (exact) mass is 267 g/mol. The maximum Gasteiger partial charge on any atom is 0.152 e. The van der Waals surface area contributed by atoms with Gasteiger partial charge in [0.1, 0.15) is 5.75 Å². The van der Waals surface area contributed by atoms with E-state index >= 15 is 0 Å². The first-order chi connectivity index (χ1) is 8.79. The molecule has 3 heteroatoms. The van der Waals surface area contributed by atoms with Gasteiger partial charge in [-0.25, -0.2) is 0 Å². The average molecular weight is 268 g/mol. The van der Waals surface area contributed by atoms with Gasteiger partial charge in [0.05, 0.1) is 0 Å². The number of rotatable bonds is 6. The topological polar surface area (TPSA) is 12.5 Å². The molecule has 1 saturated heterocycles. The SMILES string of the molecule is CCCCC(Oc1ccc(Cl)cc1)N1CCCC1. The first-order valence-electron chi connectivity index (χ1n) is 6.96. The lowest BCUT2D eigenvalue weighted by Gasteiger charge is -2.28. The summed E-state index contributed by atoms with van der Waals surface area (Å²) >= 11 is 5.89. The zero-order chi connectivity index (χ0) is 12.8. The molecule has 18 heavy (non-hydrogen) atoms. The predicted octanol–water partition coefficient (Wildman–Crippen LogP) is 4.33. The molecule has 1 fully saturated rings. The van der Waals surface area contributed by atoms with Crippen molar-refractivity contribution in [3.63, 3.8) is 0 Å². The van der Waals surface area contributed by atoms with E-state index in [1.54, 1.807) is 0 Å². The number of benzene rings is 1. The third-order valence-corrected chi connectivity index (χ3v) is 3.69. The standard InChI is InChI=1S/C15H22ClNO/c1-2-3-6-15(17-11-4-5-12-17)18-14-9-7-13(16)8-10-14/h7-10,15H,2-6,11-12H2,1H3. The highest BCUT2D eigenvalue weighted by Gasteiger charge is 2.22. The molecule has 1 unspecified atom stereocenters. The number of nitrogens with zero attached hydrogens (tertiary/aromatic N) is 1. The highest BCUT2D eigenvalue weighted by atomic mass is 35.5. The Morgan fingerprint density at radius 1 is 1.22 bits per heavy atom. The van der Waals surface area contributed by atoms with Crippen LogP contribution in [0.15, 0.2) is 24.3 Å². The lowest BCUT2D eigenvalue weighted by atomic mass is 10.2. The summed E-state index contributed by atoms with van der Waals surface area (Å²) in [6, 6.07) is 7.68. The molecular weight excluding hydrogens is 246 g/mol. The maximum atomic E-state index is 6.12. The molecule has 1 aromatic carbocycles. The highest BCUT2D eigenvalue weighted by Crippen LogP contribution is 2.22. The van der Waals surface area contributed by atoms with Crippen LogP contribution in [0, 0.1) is 0 Å². The second-order valence-electron chi connectivity index (χ2n) is 4.91. The van der Waals surface area contributed by atoms with Gasteiger partial charge in [-0.1, -0.05) is 24.9 Å². The average Bonchev–Trinajstić information content (AvgIpc) is 2.90. The second kappa shape index (κ2) is 7.01. The third-order valence-electron chi connectivity index (χ3n) is 3.44. The molecule has 0 radical (unpaired) electrons. The molecule has 2 nitrogen and oxygen atoms in total. The number of halogens is 1. The molecular formula is C15H22ClNO. The van der Waals surface area contributed by atoms with Crippen LogP contribution in [0.2, 0.25) is 5.02 Å². The fraction of sp³-hybridized carbons (Fsp3) is 0.600. The van der Waals surface area contributed by atoms with Crippen LogP contribution in [0.5, 0.6) is 5.75 Å². The lowest BCUT2D eigenvalue weighted by Crippen LogP contribution is -2.37. The molecule has 0 aromatic heterocycles. The Hall–Kier alpha value is -0.730. The van der Waals surface area contributed by atoms with Gasteiger partial charge in [0, 0.05) is 18.1 Å². The van der Waals surface area contributed by atoms with E-state index in [1.165, 1.54) is 38.8 Å². The summed E-state index contributed by atoms with van der Waals surface area (Å²) in [5.74, 6) is 0.924. The number of unbranched alkanes of at least 4 members (excludes halogenated alkanes) is 1. The zero-order valence-electron chi connectivity index (χ0n) is 11.1. The van der Waals surface area contributed by atoms with E-state index in [1.807, 2.05) is 24.3 Å². The molecule has 1 heterocycles. The largest absolute Gasteiger partial charge is 0.475 e. The summed E-state index contributed by atoms with van der Waals surface area (Å²) in [6.07, 6.45) is 6.37. The summed E-state index contributed by atoms with van der Waals surface area (Å²) in [7, 11) is 0. The van der Waals surface area contributed by atoms with Crippen molar-refractivity contribution in [2.45, 2.75) is 45.3 Å². The van der Waals surface area contributed by atoms with Crippen LogP contribution in [-0.2, 0) is 0 Å². The summed E-state index contributed by atoms with van der Waals surface area (Å²) in [5, 5.41) is 0.758. The van der Waals surface area contributed by atoms with E-state index in [-0.39, 0.29) is 6.23 Å². The van der Waals surface area contributed by atoms with Crippen LogP contribution in [0.25, 0.3) is 0 Å². The van der Waals surface area contributed by atoms with Gasteiger partial charge in [-0.05, 0) is 49.9 Å². The normalized spacial score (nSPS) is 17.9. The van der Waals surface area contributed by atoms with Gasteiger partial charge >= 0.3 is 0 Å². The minimum absolute atomic E-state index is 0.230. The first kappa shape index (κ1) is 13.7. The van der Waals surface area contributed by atoms with Gasteiger partial charge in [-0.15, -0.1) is 0 Å². The van der Waals surface area contributed by atoms with Crippen molar-refractivity contribution in [2.75, 3.05) is 13.1 Å². The van der Waals surface area contributed by atoms with E-state index in [0.717, 1.165) is 17.2 Å². The third kappa shape index (κ3) is 3.89. The number of ether oxygens (including phenoxy) is 1. The molecule has 1 atom stereocenters. The van der Waals surface area contributed by atoms with Gasteiger partial charge in [0.2, 0.25) is 0 Å². The molecule has 2 rings (SSSR count). The van der Waals surface area contributed by atoms with Crippen LogP contribution in [-0.4, -0.2) is 24.2 Å². The van der Waals surface area contributed by atoms with Crippen molar-refractivity contribution in [3.8, 4) is 5.75 Å². The van der Waals surface area contributed by atoms with Crippen molar-refractivity contribution >= 4 is 11.6 Å². The Morgan fingerprint density at radius 2 is 1.89 bits per heavy atom. The van der Waals surface area contributed by atoms with Gasteiger partial charge in [-0.3, -0.25) is 4.90 Å². The summed E-state index contributed by atoms with van der Waals surface area (Å²) in [5.41, 5.74) is 0. The minimum atomic E-state index is 0.230. The molecule has 100 valence electrons. The Kier molecular flexibility index (Phi) is 5.33. The zero-order valence-corrected chi connectivity index (χ0v) is 11.8. The van der Waals surface area contributed by atoms with Crippen molar-refractivity contribution < 1.29 is 4.74 Å². The maximum absolute atomic E-state index is 6.12. The molecule has 1 aliphatic rings. The molecule has 0 aliphatic carbocycles. The van der Waals surface area contributed by atoms with E-state index < -0.39 is 0 Å². The Morgan fingerprint density at radius 3 is 2.50 bits per heavy atom. The van der Waals surface area contributed by atoms with E-state index in [9.17, 15) is 0 Å². The van der Waals surface area contributed by atoms with Crippen LogP contribution in [0.4, 0.5) is 0 Å². The second-order valence-corrected chi connectivity index (χ2v) is 5.35. The minimum Gasteiger partial charge on any atom is -0.475 e. The molecule has 0 N–H and O–H groups in total. The van der Waals surface area contributed by atoms with Crippen LogP contribution < -0.4 is 4.74 Å². The molecule has 0 spiro atoms. The summed E-state index contributed by atoms with van der Waals surface area (Å²) < 4.78 is 6.12. The fourth-order valence-electron chi connectivity index (χ4n) is 2.39. The van der Waals surface area contributed by atoms with E-state index in [4.69, 9.17) is 16.3 Å². The predicted molar refractivity (Wildman–Crippen MR) is 76.2 cm³/mol. The van der Waals surface area contributed by atoms with Crippen LogP contribution in [0.1, 0.15) is 39.0 Å². The van der Waals surface area contributed by atoms with Crippen molar-refractivity contribution in [2.24, 2.45) is 0 Å². The number of likely N-dealkylation sites (tertiary alicyclic amines) is 1. The molecule has 0 amide bonds. The van der Waals surface area contributed by atoms with Crippen molar-refractivity contribution in [1.29, 1.82) is 0 Å². The van der Waals surface area contributed by atoms with Crippen LogP contribution >= 0.6 is 11.6 Å².